The minimum Gasteiger partial charge on any atom is -0.493 e. The third kappa shape index (κ3) is 4.59. The standard InChI is InChI=1S/C21H33N3O4/c1-22-10-6-11-23(14-13-22)16-21(26)9-5-12-24(20(21)25)15-17-7-4-8-18(27-2)19(17)28-3/h4,7-8,26H,5-6,9-16H2,1-3H3. The number of likely N-dealkylation sites (tertiary alicyclic amines) is 1. The van der Waals surface area contributed by atoms with Crippen LogP contribution in [0.15, 0.2) is 18.2 Å². The average molecular weight is 392 g/mol. The van der Waals surface area contributed by atoms with Crippen molar-refractivity contribution >= 4 is 5.91 Å². The highest BCUT2D eigenvalue weighted by atomic mass is 16.5. The molecule has 0 bridgehead atoms. The zero-order chi connectivity index (χ0) is 20.1. The number of carbonyl (C=O) groups is 1. The molecule has 1 atom stereocenters. The lowest BCUT2D eigenvalue weighted by Crippen LogP contribution is -2.58. The predicted molar refractivity (Wildman–Crippen MR) is 108 cm³/mol. The second-order valence-corrected chi connectivity index (χ2v) is 7.95. The number of ether oxygens (including phenoxy) is 2. The molecule has 1 N–H and O–H groups in total. The van der Waals surface area contributed by atoms with Crippen molar-refractivity contribution in [1.82, 2.24) is 14.7 Å². The number of benzene rings is 1. The summed E-state index contributed by atoms with van der Waals surface area (Å²) in [6, 6.07) is 5.67. The van der Waals surface area contributed by atoms with Gasteiger partial charge in [-0.15, -0.1) is 0 Å². The van der Waals surface area contributed by atoms with E-state index in [1.165, 1.54) is 0 Å². The highest BCUT2D eigenvalue weighted by Crippen LogP contribution is 2.33. The van der Waals surface area contributed by atoms with Gasteiger partial charge in [-0.3, -0.25) is 9.69 Å². The molecule has 28 heavy (non-hydrogen) atoms. The molecule has 2 saturated heterocycles. The van der Waals surface area contributed by atoms with Crippen molar-refractivity contribution in [2.45, 2.75) is 31.4 Å². The number of piperidine rings is 1. The second-order valence-electron chi connectivity index (χ2n) is 7.95. The van der Waals surface area contributed by atoms with Crippen LogP contribution < -0.4 is 9.47 Å². The maximum atomic E-state index is 13.2. The summed E-state index contributed by atoms with van der Waals surface area (Å²) in [5.74, 6) is 1.11. The van der Waals surface area contributed by atoms with Gasteiger partial charge in [-0.25, -0.2) is 0 Å². The molecule has 2 aliphatic heterocycles. The van der Waals surface area contributed by atoms with Gasteiger partial charge in [0.1, 0.15) is 0 Å². The molecule has 1 aromatic rings. The van der Waals surface area contributed by atoms with Crippen LogP contribution in [0, 0.1) is 0 Å². The maximum Gasteiger partial charge on any atom is 0.256 e. The molecule has 0 aliphatic carbocycles. The van der Waals surface area contributed by atoms with E-state index in [1.807, 2.05) is 18.2 Å². The Morgan fingerprint density at radius 2 is 1.89 bits per heavy atom. The van der Waals surface area contributed by atoms with Crippen LogP contribution in [0.3, 0.4) is 0 Å². The normalized spacial score (nSPS) is 24.9. The minimum absolute atomic E-state index is 0.179. The lowest BCUT2D eigenvalue weighted by Gasteiger charge is -2.40. The smallest absolute Gasteiger partial charge is 0.256 e. The number of nitrogens with zero attached hydrogens (tertiary/aromatic N) is 3. The molecule has 1 aromatic carbocycles. The fourth-order valence-corrected chi connectivity index (χ4v) is 4.27. The number of methoxy groups -OCH3 is 2. The Bertz CT molecular complexity index is 684. The van der Waals surface area contributed by atoms with Crippen LogP contribution in [0.4, 0.5) is 0 Å². The molecule has 7 heteroatoms. The van der Waals surface area contributed by atoms with Crippen LogP contribution in [0.5, 0.6) is 11.5 Å². The number of aliphatic hydroxyl groups is 1. The fourth-order valence-electron chi connectivity index (χ4n) is 4.27. The van der Waals surface area contributed by atoms with Gasteiger partial charge < -0.3 is 24.4 Å². The van der Waals surface area contributed by atoms with Gasteiger partial charge in [0.05, 0.1) is 14.2 Å². The van der Waals surface area contributed by atoms with Crippen molar-refractivity contribution in [2.75, 3.05) is 60.5 Å². The van der Waals surface area contributed by atoms with Crippen LogP contribution >= 0.6 is 0 Å². The first-order valence-electron chi connectivity index (χ1n) is 10.1. The van der Waals surface area contributed by atoms with E-state index >= 15 is 0 Å². The third-order valence-electron chi connectivity index (χ3n) is 5.85. The largest absolute Gasteiger partial charge is 0.493 e. The first-order valence-corrected chi connectivity index (χ1v) is 10.1. The van der Waals surface area contributed by atoms with Gasteiger partial charge in [0.2, 0.25) is 0 Å². The number of carbonyl (C=O) groups excluding carboxylic acids is 1. The van der Waals surface area contributed by atoms with Crippen molar-refractivity contribution in [1.29, 1.82) is 0 Å². The topological polar surface area (TPSA) is 65.5 Å². The summed E-state index contributed by atoms with van der Waals surface area (Å²) in [5, 5.41) is 11.2. The van der Waals surface area contributed by atoms with Crippen LogP contribution in [-0.2, 0) is 11.3 Å². The summed E-state index contributed by atoms with van der Waals surface area (Å²) in [6.07, 6.45) is 2.37. The Hall–Kier alpha value is -1.83. The van der Waals surface area contributed by atoms with Gasteiger partial charge in [-0.05, 0) is 45.5 Å². The molecule has 1 amide bonds. The van der Waals surface area contributed by atoms with E-state index in [1.54, 1.807) is 19.1 Å². The summed E-state index contributed by atoms with van der Waals surface area (Å²) in [5.41, 5.74) is -0.427. The molecule has 0 aromatic heterocycles. The number of hydrogen-bond acceptors (Lipinski definition) is 6. The van der Waals surface area contributed by atoms with Crippen molar-refractivity contribution in [3.05, 3.63) is 23.8 Å². The predicted octanol–water partition coefficient (Wildman–Crippen LogP) is 1.19. The van der Waals surface area contributed by atoms with Gasteiger partial charge >= 0.3 is 0 Å². The van der Waals surface area contributed by atoms with Gasteiger partial charge in [-0.1, -0.05) is 12.1 Å². The maximum absolute atomic E-state index is 13.2. The van der Waals surface area contributed by atoms with Gasteiger partial charge in [0.15, 0.2) is 17.1 Å². The first kappa shape index (κ1) is 20.9. The summed E-state index contributed by atoms with van der Waals surface area (Å²) in [7, 11) is 5.32. The molecule has 0 spiro atoms. The van der Waals surface area contributed by atoms with Gasteiger partial charge in [0.25, 0.3) is 5.91 Å². The zero-order valence-electron chi connectivity index (χ0n) is 17.3. The lowest BCUT2D eigenvalue weighted by molar-refractivity contribution is -0.160. The SMILES string of the molecule is COc1cccc(CN2CCCC(O)(CN3CCCN(C)CC3)C2=O)c1OC. The van der Waals surface area contributed by atoms with Crippen molar-refractivity contribution in [3.8, 4) is 11.5 Å². The van der Waals surface area contributed by atoms with Crippen LogP contribution in [0.25, 0.3) is 0 Å². The molecule has 3 rings (SSSR count). The summed E-state index contributed by atoms with van der Waals surface area (Å²) in [4.78, 5) is 19.5. The minimum atomic E-state index is -1.31. The van der Waals surface area contributed by atoms with E-state index in [-0.39, 0.29) is 5.91 Å². The van der Waals surface area contributed by atoms with Crippen LogP contribution in [-0.4, -0.2) is 91.9 Å². The van der Waals surface area contributed by atoms with Gasteiger partial charge in [0, 0.05) is 38.3 Å². The average Bonchev–Trinajstić information content (AvgIpc) is 2.89. The monoisotopic (exact) mass is 391 g/mol. The lowest BCUT2D eigenvalue weighted by atomic mass is 9.90. The number of β-amino-alcohol motifs (C(OH)–C–C–N with tert-alkyl or cyclic N) is 1. The van der Waals surface area contributed by atoms with Gasteiger partial charge in [-0.2, -0.15) is 0 Å². The molecule has 156 valence electrons. The molecule has 2 heterocycles. The Kier molecular flexibility index (Phi) is 6.80. The van der Waals surface area contributed by atoms with E-state index < -0.39 is 5.60 Å². The molecule has 1 unspecified atom stereocenters. The number of amides is 1. The summed E-state index contributed by atoms with van der Waals surface area (Å²) >= 11 is 0. The molecule has 2 aliphatic rings. The number of hydrogen-bond donors (Lipinski definition) is 1. The van der Waals surface area contributed by atoms with Crippen molar-refractivity contribution in [3.63, 3.8) is 0 Å². The second kappa shape index (κ2) is 9.11. The van der Waals surface area contributed by atoms with E-state index in [9.17, 15) is 9.90 Å². The molecular weight excluding hydrogens is 358 g/mol. The highest BCUT2D eigenvalue weighted by molar-refractivity contribution is 5.86. The van der Waals surface area contributed by atoms with Crippen molar-refractivity contribution < 1.29 is 19.4 Å². The highest BCUT2D eigenvalue weighted by Gasteiger charge is 2.43. The summed E-state index contributed by atoms with van der Waals surface area (Å²) in [6.45, 7) is 5.29. The molecular formula is C21H33N3O4. The Balaban J connectivity index is 1.71. The quantitative estimate of drug-likeness (QED) is 0.786. The molecule has 2 fully saturated rings. The molecule has 0 radical (unpaired) electrons. The van der Waals surface area contributed by atoms with E-state index in [4.69, 9.17) is 9.47 Å². The van der Waals surface area contributed by atoms with E-state index in [0.717, 1.165) is 44.6 Å². The summed E-state index contributed by atoms with van der Waals surface area (Å²) < 4.78 is 10.9. The fraction of sp³-hybridized carbons (Fsp3) is 0.667. The van der Waals surface area contributed by atoms with E-state index in [0.29, 0.717) is 37.6 Å². The number of rotatable bonds is 6. The van der Waals surface area contributed by atoms with E-state index in [2.05, 4.69) is 16.8 Å². The first-order chi connectivity index (χ1) is 13.5. The Morgan fingerprint density at radius 3 is 2.64 bits per heavy atom. The zero-order valence-corrected chi connectivity index (χ0v) is 17.3. The molecule has 0 saturated carbocycles. The molecule has 7 nitrogen and oxygen atoms in total. The number of likely N-dealkylation sites (N-methyl/N-ethyl adjacent to an activating group) is 1. The van der Waals surface area contributed by atoms with Crippen LogP contribution in [0.1, 0.15) is 24.8 Å². The van der Waals surface area contributed by atoms with Crippen molar-refractivity contribution in [2.24, 2.45) is 0 Å². The Labute approximate surface area is 167 Å². The number of para-hydroxylation sites is 1. The van der Waals surface area contributed by atoms with Crippen LogP contribution in [0.2, 0.25) is 0 Å². The third-order valence-corrected chi connectivity index (χ3v) is 5.85. The Morgan fingerprint density at radius 1 is 1.07 bits per heavy atom.